The van der Waals surface area contributed by atoms with E-state index in [1.54, 1.807) is 30.3 Å². The first-order valence-electron chi connectivity index (χ1n) is 6.64. The highest BCUT2D eigenvalue weighted by Gasteiger charge is 2.04. The van der Waals surface area contributed by atoms with Gasteiger partial charge in [-0.1, -0.05) is 47.7 Å². The first-order valence-corrected chi connectivity index (χ1v) is 7.46. The molecule has 2 aromatic carbocycles. The summed E-state index contributed by atoms with van der Waals surface area (Å²) in [6.07, 6.45) is 3.92. The van der Waals surface area contributed by atoms with Crippen molar-refractivity contribution in [3.8, 4) is 0 Å². The number of carbonyl (C=O) groups excluding carboxylic acids is 2. The van der Waals surface area contributed by atoms with E-state index in [9.17, 15) is 9.59 Å². The second kappa shape index (κ2) is 6.32. The summed E-state index contributed by atoms with van der Waals surface area (Å²) in [6.45, 7) is 0. The number of thiazole rings is 1. The van der Waals surface area contributed by atoms with Gasteiger partial charge in [0.15, 0.2) is 5.13 Å². The summed E-state index contributed by atoms with van der Waals surface area (Å²) in [7, 11) is 0. The number of hydrogen-bond acceptors (Lipinski definition) is 4. The highest BCUT2D eigenvalue weighted by Crippen LogP contribution is 2.25. The van der Waals surface area contributed by atoms with E-state index in [1.807, 2.05) is 24.3 Å². The molecular formula is C17H12N2O2S. The Kier molecular flexibility index (Phi) is 4.07. The third-order valence-electron chi connectivity index (χ3n) is 3.02. The average molecular weight is 308 g/mol. The quantitative estimate of drug-likeness (QED) is 0.589. The maximum atomic E-state index is 11.9. The van der Waals surface area contributed by atoms with Crippen molar-refractivity contribution in [2.75, 3.05) is 5.32 Å². The summed E-state index contributed by atoms with van der Waals surface area (Å²) in [5.74, 6) is -0.237. The van der Waals surface area contributed by atoms with Gasteiger partial charge in [0.05, 0.1) is 10.2 Å². The van der Waals surface area contributed by atoms with Crippen molar-refractivity contribution in [3.05, 3.63) is 65.7 Å². The molecule has 1 N–H and O–H groups in total. The molecule has 3 aromatic rings. The van der Waals surface area contributed by atoms with Crippen LogP contribution in [-0.2, 0) is 4.79 Å². The number of carbonyl (C=O) groups is 2. The van der Waals surface area contributed by atoms with Gasteiger partial charge in [-0.2, -0.15) is 0 Å². The highest BCUT2D eigenvalue weighted by atomic mass is 32.1. The van der Waals surface area contributed by atoms with Gasteiger partial charge in [-0.3, -0.25) is 14.9 Å². The monoisotopic (exact) mass is 308 g/mol. The summed E-state index contributed by atoms with van der Waals surface area (Å²) in [5, 5.41) is 3.33. The predicted octanol–water partition coefficient (Wildman–Crippen LogP) is 3.76. The number of benzene rings is 2. The van der Waals surface area contributed by atoms with Crippen molar-refractivity contribution in [2.24, 2.45) is 0 Å². The first kappa shape index (κ1) is 14.2. The van der Waals surface area contributed by atoms with Crippen molar-refractivity contribution >= 4 is 45.0 Å². The second-order valence-electron chi connectivity index (χ2n) is 4.59. The van der Waals surface area contributed by atoms with Gasteiger partial charge >= 0.3 is 0 Å². The van der Waals surface area contributed by atoms with Crippen LogP contribution >= 0.6 is 11.3 Å². The van der Waals surface area contributed by atoms with Gasteiger partial charge in [0.2, 0.25) is 5.91 Å². The number of para-hydroxylation sites is 1. The zero-order chi connectivity index (χ0) is 15.4. The molecule has 0 aliphatic rings. The van der Waals surface area contributed by atoms with Gasteiger partial charge in [-0.15, -0.1) is 0 Å². The van der Waals surface area contributed by atoms with Crippen molar-refractivity contribution in [3.63, 3.8) is 0 Å². The lowest BCUT2D eigenvalue weighted by atomic mass is 10.1. The highest BCUT2D eigenvalue weighted by molar-refractivity contribution is 7.22. The molecule has 3 rings (SSSR count). The molecule has 0 unspecified atom stereocenters. The molecule has 0 aliphatic heterocycles. The Balaban J connectivity index is 1.68. The fourth-order valence-corrected chi connectivity index (χ4v) is 2.80. The van der Waals surface area contributed by atoms with E-state index in [0.29, 0.717) is 10.7 Å². The Morgan fingerprint density at radius 3 is 2.50 bits per heavy atom. The molecule has 108 valence electrons. The molecule has 22 heavy (non-hydrogen) atoms. The number of fused-ring (bicyclic) bond motifs is 1. The molecule has 0 spiro atoms. The first-order chi connectivity index (χ1) is 10.7. The lowest BCUT2D eigenvalue weighted by molar-refractivity contribution is -0.111. The largest absolute Gasteiger partial charge is 0.298 e. The minimum atomic E-state index is -0.237. The van der Waals surface area contributed by atoms with E-state index in [0.717, 1.165) is 22.1 Å². The Morgan fingerprint density at radius 1 is 1.05 bits per heavy atom. The average Bonchev–Trinajstić information content (AvgIpc) is 2.95. The molecule has 5 heteroatoms. The maximum Gasteiger partial charge on any atom is 0.250 e. The van der Waals surface area contributed by atoms with Crippen LogP contribution in [0.4, 0.5) is 5.13 Å². The topological polar surface area (TPSA) is 59.1 Å². The van der Waals surface area contributed by atoms with Gasteiger partial charge in [0.1, 0.15) is 6.29 Å². The summed E-state index contributed by atoms with van der Waals surface area (Å²) >= 11 is 1.44. The Hall–Kier alpha value is -2.79. The molecule has 1 heterocycles. The Bertz CT molecular complexity index is 817. The van der Waals surface area contributed by atoms with Crippen molar-refractivity contribution < 1.29 is 9.59 Å². The van der Waals surface area contributed by atoms with Gasteiger partial charge < -0.3 is 0 Å². The van der Waals surface area contributed by atoms with Crippen LogP contribution in [0.2, 0.25) is 0 Å². The number of nitrogens with zero attached hydrogens (tertiary/aromatic N) is 1. The van der Waals surface area contributed by atoms with Gasteiger partial charge in [-0.05, 0) is 23.8 Å². The smallest absolute Gasteiger partial charge is 0.250 e. The third kappa shape index (κ3) is 3.27. The summed E-state index contributed by atoms with van der Waals surface area (Å²) in [4.78, 5) is 26.8. The fourth-order valence-electron chi connectivity index (χ4n) is 1.93. The van der Waals surface area contributed by atoms with Crippen LogP contribution in [0.15, 0.2) is 54.6 Å². The van der Waals surface area contributed by atoms with Crippen LogP contribution in [0.3, 0.4) is 0 Å². The molecule has 0 saturated carbocycles. The lowest BCUT2D eigenvalue weighted by Crippen LogP contribution is -2.07. The van der Waals surface area contributed by atoms with E-state index in [-0.39, 0.29) is 5.91 Å². The van der Waals surface area contributed by atoms with Gasteiger partial charge in [-0.25, -0.2) is 4.98 Å². The lowest BCUT2D eigenvalue weighted by Gasteiger charge is -1.96. The van der Waals surface area contributed by atoms with Crippen LogP contribution < -0.4 is 5.32 Å². The molecule has 1 aromatic heterocycles. The van der Waals surface area contributed by atoms with Crippen molar-refractivity contribution in [1.29, 1.82) is 0 Å². The molecule has 0 fully saturated rings. The van der Waals surface area contributed by atoms with Crippen LogP contribution in [0, 0.1) is 0 Å². The SMILES string of the molecule is O=Cc1ccc(C=CC(=O)Nc2nc3ccccc3s2)cc1. The molecule has 0 saturated heterocycles. The number of amides is 1. The molecule has 0 radical (unpaired) electrons. The molecular weight excluding hydrogens is 296 g/mol. The number of anilines is 1. The Morgan fingerprint density at radius 2 is 1.77 bits per heavy atom. The van der Waals surface area contributed by atoms with Crippen LogP contribution in [0.25, 0.3) is 16.3 Å². The summed E-state index contributed by atoms with van der Waals surface area (Å²) in [6, 6.07) is 14.7. The predicted molar refractivity (Wildman–Crippen MR) is 89.1 cm³/mol. The Labute approximate surface area is 131 Å². The maximum absolute atomic E-state index is 11.9. The minimum absolute atomic E-state index is 0.237. The summed E-state index contributed by atoms with van der Waals surface area (Å²) < 4.78 is 1.03. The van der Waals surface area contributed by atoms with Crippen molar-refractivity contribution in [2.45, 2.75) is 0 Å². The van der Waals surface area contributed by atoms with E-state index in [2.05, 4.69) is 10.3 Å². The molecule has 0 aliphatic carbocycles. The standard InChI is InChI=1S/C17H12N2O2S/c20-11-13-7-5-12(6-8-13)9-10-16(21)19-17-18-14-3-1-2-4-15(14)22-17/h1-11H,(H,18,19,21). The number of rotatable bonds is 4. The number of hydrogen-bond donors (Lipinski definition) is 1. The van der Waals surface area contributed by atoms with Crippen LogP contribution in [0.1, 0.15) is 15.9 Å². The van der Waals surface area contributed by atoms with Crippen LogP contribution in [-0.4, -0.2) is 17.2 Å². The van der Waals surface area contributed by atoms with Gasteiger partial charge in [0, 0.05) is 11.6 Å². The molecule has 0 bridgehead atoms. The zero-order valence-electron chi connectivity index (χ0n) is 11.5. The van der Waals surface area contributed by atoms with E-state index >= 15 is 0 Å². The number of nitrogens with one attached hydrogen (secondary N) is 1. The number of aldehydes is 1. The second-order valence-corrected chi connectivity index (χ2v) is 5.62. The third-order valence-corrected chi connectivity index (χ3v) is 3.98. The van der Waals surface area contributed by atoms with E-state index < -0.39 is 0 Å². The van der Waals surface area contributed by atoms with Gasteiger partial charge in [0.25, 0.3) is 0 Å². The van der Waals surface area contributed by atoms with Crippen molar-refractivity contribution in [1.82, 2.24) is 4.98 Å². The fraction of sp³-hybridized carbons (Fsp3) is 0. The number of aromatic nitrogens is 1. The van der Waals surface area contributed by atoms with E-state index in [4.69, 9.17) is 0 Å². The normalized spacial score (nSPS) is 10.9. The molecule has 4 nitrogen and oxygen atoms in total. The van der Waals surface area contributed by atoms with E-state index in [1.165, 1.54) is 17.4 Å². The zero-order valence-corrected chi connectivity index (χ0v) is 12.3. The minimum Gasteiger partial charge on any atom is -0.298 e. The van der Waals surface area contributed by atoms with Crippen LogP contribution in [0.5, 0.6) is 0 Å². The molecule has 0 atom stereocenters. The summed E-state index contributed by atoms with van der Waals surface area (Å²) in [5.41, 5.74) is 2.33. The molecule has 1 amide bonds.